The van der Waals surface area contributed by atoms with Crippen molar-refractivity contribution in [3.63, 3.8) is 0 Å². The minimum absolute atomic E-state index is 0.146. The average molecular weight is 237 g/mol. The lowest BCUT2D eigenvalue weighted by Gasteiger charge is -2.13. The smallest absolute Gasteiger partial charge is 0.146 e. The van der Waals surface area contributed by atoms with Crippen LogP contribution in [0.2, 0.25) is 0 Å². The second-order valence-corrected chi connectivity index (χ2v) is 3.78. The Morgan fingerprint density at radius 3 is 2.47 bits per heavy atom. The van der Waals surface area contributed by atoms with Gasteiger partial charge in [0.25, 0.3) is 0 Å². The molecule has 1 aromatic rings. The zero-order chi connectivity index (χ0) is 12.8. The van der Waals surface area contributed by atoms with E-state index in [1.165, 1.54) is 0 Å². The Morgan fingerprint density at radius 1 is 1.29 bits per heavy atom. The molecule has 17 heavy (non-hydrogen) atoms. The first-order chi connectivity index (χ1) is 8.12. The Morgan fingerprint density at radius 2 is 2.00 bits per heavy atom. The van der Waals surface area contributed by atoms with E-state index in [0.29, 0.717) is 11.6 Å². The molecular weight excluding hydrogens is 218 g/mol. The van der Waals surface area contributed by atoms with Gasteiger partial charge in [0.2, 0.25) is 0 Å². The van der Waals surface area contributed by atoms with Crippen molar-refractivity contribution >= 4 is 5.84 Å². The molecule has 0 spiro atoms. The summed E-state index contributed by atoms with van der Waals surface area (Å²) >= 11 is 0. The monoisotopic (exact) mass is 237 g/mol. The summed E-state index contributed by atoms with van der Waals surface area (Å²) in [6, 6.07) is 5.64. The highest BCUT2D eigenvalue weighted by Gasteiger charge is 2.10. The topological polar surface area (TPSA) is 68.9 Å². The summed E-state index contributed by atoms with van der Waals surface area (Å²) in [5, 5.41) is 0. The minimum atomic E-state index is 0.146. The molecule has 3 N–H and O–H groups in total. The van der Waals surface area contributed by atoms with E-state index in [1.807, 2.05) is 26.0 Å². The van der Waals surface area contributed by atoms with Gasteiger partial charge in [-0.05, 0) is 26.0 Å². The Balaban J connectivity index is 3.19. The molecule has 1 aromatic carbocycles. The van der Waals surface area contributed by atoms with Crippen LogP contribution in [0.3, 0.4) is 0 Å². The first-order valence-electron chi connectivity index (χ1n) is 5.39. The molecule has 0 bridgehead atoms. The Bertz CT molecular complexity index is 403. The van der Waals surface area contributed by atoms with Crippen LogP contribution in [-0.2, 0) is 0 Å². The number of hydrogen-bond acceptors (Lipinski definition) is 4. The van der Waals surface area contributed by atoms with E-state index in [4.69, 9.17) is 15.3 Å². The molecule has 0 unspecified atom stereocenters. The first-order valence-corrected chi connectivity index (χ1v) is 5.39. The highest BCUT2D eigenvalue weighted by atomic mass is 16.5. The van der Waals surface area contributed by atoms with Gasteiger partial charge in [-0.15, -0.1) is 0 Å². The predicted octanol–water partition coefficient (Wildman–Crippen LogP) is 1.32. The fourth-order valence-corrected chi connectivity index (χ4v) is 1.44. The van der Waals surface area contributed by atoms with Crippen molar-refractivity contribution in [1.29, 1.82) is 0 Å². The number of aliphatic imine (C=N–C) groups is 1. The van der Waals surface area contributed by atoms with Gasteiger partial charge in [0.1, 0.15) is 17.3 Å². The van der Waals surface area contributed by atoms with Crippen LogP contribution >= 0.6 is 0 Å². The van der Waals surface area contributed by atoms with Gasteiger partial charge < -0.3 is 14.9 Å². The number of nitrogens with zero attached hydrogens (tertiary/aromatic N) is 1. The Hall–Kier alpha value is -1.75. The molecule has 94 valence electrons. The summed E-state index contributed by atoms with van der Waals surface area (Å²) in [5.41, 5.74) is 3.40. The number of amidine groups is 1. The van der Waals surface area contributed by atoms with Gasteiger partial charge in [-0.3, -0.25) is 4.99 Å². The number of methoxy groups -OCH3 is 2. The molecule has 0 aliphatic rings. The third kappa shape index (κ3) is 3.35. The average Bonchev–Trinajstić information content (AvgIpc) is 2.35. The maximum Gasteiger partial charge on any atom is 0.146 e. The molecule has 0 saturated heterocycles. The third-order valence-corrected chi connectivity index (χ3v) is 2.19. The number of nitrogens with one attached hydrogen (secondary N) is 1. The van der Waals surface area contributed by atoms with E-state index in [1.54, 1.807) is 20.3 Å². The first kappa shape index (κ1) is 13.3. The van der Waals surface area contributed by atoms with E-state index < -0.39 is 0 Å². The van der Waals surface area contributed by atoms with E-state index in [2.05, 4.69) is 10.4 Å². The highest BCUT2D eigenvalue weighted by molar-refractivity contribution is 6.01. The maximum absolute atomic E-state index is 5.48. The molecule has 0 aromatic heterocycles. The van der Waals surface area contributed by atoms with Gasteiger partial charge in [0, 0.05) is 12.1 Å². The minimum Gasteiger partial charge on any atom is -0.497 e. The Labute approximate surface area is 102 Å². The summed E-state index contributed by atoms with van der Waals surface area (Å²) in [4.78, 5) is 4.39. The van der Waals surface area contributed by atoms with Crippen molar-refractivity contribution in [1.82, 2.24) is 5.43 Å². The van der Waals surface area contributed by atoms with Gasteiger partial charge in [-0.2, -0.15) is 0 Å². The highest BCUT2D eigenvalue weighted by Crippen LogP contribution is 2.24. The molecular formula is C12H19N3O2. The summed E-state index contributed by atoms with van der Waals surface area (Å²) in [6.07, 6.45) is 0. The molecule has 0 saturated carbocycles. The third-order valence-electron chi connectivity index (χ3n) is 2.19. The van der Waals surface area contributed by atoms with Crippen molar-refractivity contribution < 1.29 is 9.47 Å². The number of nitrogens with two attached hydrogens (primary N) is 1. The zero-order valence-corrected chi connectivity index (χ0v) is 10.7. The summed E-state index contributed by atoms with van der Waals surface area (Å²) in [6.45, 7) is 3.96. The molecule has 0 heterocycles. The van der Waals surface area contributed by atoms with Crippen LogP contribution in [0, 0.1) is 0 Å². The molecule has 0 amide bonds. The molecule has 5 heteroatoms. The zero-order valence-electron chi connectivity index (χ0n) is 10.7. The fourth-order valence-electron chi connectivity index (χ4n) is 1.44. The number of ether oxygens (including phenoxy) is 2. The van der Waals surface area contributed by atoms with Gasteiger partial charge in [-0.25, -0.2) is 5.84 Å². The molecule has 0 aliphatic heterocycles. The van der Waals surface area contributed by atoms with Crippen LogP contribution in [0.1, 0.15) is 19.4 Å². The van der Waals surface area contributed by atoms with Crippen LogP contribution in [-0.4, -0.2) is 26.1 Å². The lowest BCUT2D eigenvalue weighted by atomic mass is 10.1. The largest absolute Gasteiger partial charge is 0.497 e. The van der Waals surface area contributed by atoms with Crippen molar-refractivity contribution in [2.75, 3.05) is 14.2 Å². The van der Waals surface area contributed by atoms with Crippen LogP contribution in [0.15, 0.2) is 23.2 Å². The van der Waals surface area contributed by atoms with Gasteiger partial charge in [-0.1, -0.05) is 0 Å². The standard InChI is InChI=1S/C12H19N3O2/c1-8(2)14-12(15-13)10-6-5-9(16-3)7-11(10)17-4/h5-8H,13H2,1-4H3,(H,14,15). The summed E-state index contributed by atoms with van der Waals surface area (Å²) in [5.74, 6) is 7.47. The van der Waals surface area contributed by atoms with Gasteiger partial charge in [0.15, 0.2) is 0 Å². The van der Waals surface area contributed by atoms with Gasteiger partial charge >= 0.3 is 0 Å². The van der Waals surface area contributed by atoms with E-state index in [0.717, 1.165) is 11.3 Å². The molecule has 0 radical (unpaired) electrons. The van der Waals surface area contributed by atoms with Crippen molar-refractivity contribution in [3.05, 3.63) is 23.8 Å². The SMILES string of the molecule is COc1ccc(C(=NC(C)C)NN)c(OC)c1. The van der Waals surface area contributed by atoms with Gasteiger partial charge in [0.05, 0.1) is 19.8 Å². The van der Waals surface area contributed by atoms with Crippen molar-refractivity contribution in [2.24, 2.45) is 10.8 Å². The van der Waals surface area contributed by atoms with Crippen LogP contribution in [0.5, 0.6) is 11.5 Å². The summed E-state index contributed by atoms with van der Waals surface area (Å²) in [7, 11) is 3.21. The Kier molecular flexibility index (Phi) is 4.78. The van der Waals surface area contributed by atoms with Crippen LogP contribution in [0.25, 0.3) is 0 Å². The maximum atomic E-state index is 5.48. The summed E-state index contributed by atoms with van der Waals surface area (Å²) < 4.78 is 10.4. The molecule has 0 atom stereocenters. The fraction of sp³-hybridized carbons (Fsp3) is 0.417. The van der Waals surface area contributed by atoms with Crippen molar-refractivity contribution in [3.8, 4) is 11.5 Å². The lowest BCUT2D eigenvalue weighted by molar-refractivity contribution is 0.393. The normalized spacial score (nSPS) is 11.5. The quantitative estimate of drug-likeness (QED) is 0.359. The molecule has 0 fully saturated rings. The number of rotatable bonds is 4. The molecule has 1 rings (SSSR count). The lowest BCUT2D eigenvalue weighted by Crippen LogP contribution is -2.32. The second-order valence-electron chi connectivity index (χ2n) is 3.78. The van der Waals surface area contributed by atoms with E-state index >= 15 is 0 Å². The molecule has 5 nitrogen and oxygen atoms in total. The number of hydrogen-bond donors (Lipinski definition) is 2. The second kappa shape index (κ2) is 6.10. The van der Waals surface area contributed by atoms with E-state index in [9.17, 15) is 0 Å². The number of hydrazine groups is 1. The van der Waals surface area contributed by atoms with Crippen LogP contribution in [0.4, 0.5) is 0 Å². The predicted molar refractivity (Wildman–Crippen MR) is 68.5 cm³/mol. The number of benzene rings is 1. The molecule has 0 aliphatic carbocycles. The van der Waals surface area contributed by atoms with Crippen molar-refractivity contribution in [2.45, 2.75) is 19.9 Å². The van der Waals surface area contributed by atoms with Crippen LogP contribution < -0.4 is 20.7 Å². The van der Waals surface area contributed by atoms with E-state index in [-0.39, 0.29) is 6.04 Å².